The number of hydrogen-bond acceptors (Lipinski definition) is 5. The number of nitrogens with one attached hydrogen (secondary N) is 1. The second-order valence-electron chi connectivity index (χ2n) is 8.82. The van der Waals surface area contributed by atoms with Crippen molar-refractivity contribution in [3.8, 4) is 0 Å². The van der Waals surface area contributed by atoms with Gasteiger partial charge in [-0.1, -0.05) is 23.7 Å². The molecule has 0 spiro atoms. The van der Waals surface area contributed by atoms with E-state index in [0.717, 1.165) is 40.0 Å². The Morgan fingerprint density at radius 3 is 2.53 bits per heavy atom. The van der Waals surface area contributed by atoms with Gasteiger partial charge in [-0.15, -0.1) is 0 Å². The molecule has 0 atom stereocenters. The predicted octanol–water partition coefficient (Wildman–Crippen LogP) is 6.04. The first-order valence-electron chi connectivity index (χ1n) is 11.0. The van der Waals surface area contributed by atoms with Gasteiger partial charge in [-0.3, -0.25) is 19.3 Å². The largest absolute Gasteiger partial charge is 0.363 e. The second-order valence-corrected chi connectivity index (χ2v) is 10.3. The van der Waals surface area contributed by atoms with E-state index in [1.165, 1.54) is 5.57 Å². The molecule has 1 fully saturated rings. The first-order chi connectivity index (χ1) is 16.1. The third-order valence-corrected chi connectivity index (χ3v) is 7.08. The number of thioether (sulfide) groups is 1. The van der Waals surface area contributed by atoms with Crippen LogP contribution in [0.15, 0.2) is 53.4 Å². The minimum absolute atomic E-state index is 0.0808. The number of hydrogen-bond donors (Lipinski definition) is 1. The highest BCUT2D eigenvalue weighted by Crippen LogP contribution is 2.40. The summed E-state index contributed by atoms with van der Waals surface area (Å²) in [5, 5.41) is 2.76. The maximum atomic E-state index is 12.9. The summed E-state index contributed by atoms with van der Waals surface area (Å²) in [5.41, 5.74) is 4.72. The summed E-state index contributed by atoms with van der Waals surface area (Å²) in [6.45, 7) is 9.13. The highest BCUT2D eigenvalue weighted by atomic mass is 35.5. The summed E-state index contributed by atoms with van der Waals surface area (Å²) < 4.78 is 0. The lowest BCUT2D eigenvalue weighted by Gasteiger charge is -2.42. The van der Waals surface area contributed by atoms with E-state index in [2.05, 4.69) is 50.1 Å². The number of anilines is 2. The van der Waals surface area contributed by atoms with Gasteiger partial charge < -0.3 is 10.2 Å². The van der Waals surface area contributed by atoms with Crippen LogP contribution >= 0.6 is 23.4 Å². The van der Waals surface area contributed by atoms with E-state index >= 15 is 0 Å². The van der Waals surface area contributed by atoms with Crippen LogP contribution in [0.4, 0.5) is 16.2 Å². The number of carbonyl (C=O) groups excluding carboxylic acids is 3. The van der Waals surface area contributed by atoms with E-state index < -0.39 is 17.1 Å². The molecule has 0 aromatic heterocycles. The Bertz CT molecular complexity index is 1230. The number of imide groups is 1. The molecule has 176 valence electrons. The van der Waals surface area contributed by atoms with Crippen molar-refractivity contribution in [1.82, 2.24) is 4.90 Å². The summed E-state index contributed by atoms with van der Waals surface area (Å²) in [4.78, 5) is 41.4. The van der Waals surface area contributed by atoms with Crippen molar-refractivity contribution in [3.63, 3.8) is 0 Å². The number of allylic oxidation sites excluding steroid dienone is 1. The van der Waals surface area contributed by atoms with Gasteiger partial charge in [-0.2, -0.15) is 0 Å². The van der Waals surface area contributed by atoms with Crippen molar-refractivity contribution in [2.75, 3.05) is 23.3 Å². The van der Waals surface area contributed by atoms with Crippen molar-refractivity contribution in [2.45, 2.75) is 33.2 Å². The van der Waals surface area contributed by atoms with Gasteiger partial charge in [0.25, 0.3) is 11.1 Å². The Balaban J connectivity index is 1.52. The summed E-state index contributed by atoms with van der Waals surface area (Å²) in [5.74, 6) is -0.926. The molecule has 3 amide bonds. The molecule has 0 aliphatic carbocycles. The van der Waals surface area contributed by atoms with E-state index in [-0.39, 0.29) is 12.1 Å². The molecule has 0 bridgehead atoms. The highest BCUT2D eigenvalue weighted by Gasteiger charge is 2.36. The molecule has 0 radical (unpaired) electrons. The maximum absolute atomic E-state index is 12.9. The lowest BCUT2D eigenvalue weighted by atomic mass is 9.88. The molecular weight excluding hydrogens is 470 g/mol. The van der Waals surface area contributed by atoms with Crippen LogP contribution in [-0.2, 0) is 9.59 Å². The molecule has 6 nitrogen and oxygen atoms in total. The van der Waals surface area contributed by atoms with Gasteiger partial charge in [0.1, 0.15) is 6.54 Å². The number of carbonyl (C=O) groups is 3. The third kappa shape index (κ3) is 4.76. The van der Waals surface area contributed by atoms with Crippen LogP contribution in [0.3, 0.4) is 0 Å². The van der Waals surface area contributed by atoms with Crippen LogP contribution < -0.4 is 10.2 Å². The van der Waals surface area contributed by atoms with E-state index in [1.54, 1.807) is 30.3 Å². The van der Waals surface area contributed by atoms with Gasteiger partial charge >= 0.3 is 0 Å². The van der Waals surface area contributed by atoms with Crippen molar-refractivity contribution in [2.24, 2.45) is 0 Å². The quantitative estimate of drug-likeness (QED) is 0.512. The minimum atomic E-state index is -0.470. The monoisotopic (exact) mass is 495 g/mol. The van der Waals surface area contributed by atoms with E-state index in [0.29, 0.717) is 15.6 Å². The smallest absolute Gasteiger partial charge is 0.294 e. The van der Waals surface area contributed by atoms with Gasteiger partial charge in [0.05, 0.1) is 10.4 Å². The lowest BCUT2D eigenvalue weighted by Crippen LogP contribution is -2.44. The molecule has 2 aliphatic rings. The van der Waals surface area contributed by atoms with Crippen LogP contribution in [-0.4, -0.2) is 40.6 Å². The van der Waals surface area contributed by atoms with Crippen molar-refractivity contribution < 1.29 is 14.4 Å². The zero-order chi connectivity index (χ0) is 24.6. The summed E-state index contributed by atoms with van der Waals surface area (Å²) in [7, 11) is 0. The Hall–Kier alpha value is -3.03. The van der Waals surface area contributed by atoms with Crippen LogP contribution in [0.1, 0.15) is 38.8 Å². The first kappa shape index (κ1) is 24.1. The number of amides is 3. The number of nitrogens with zero attached hydrogens (tertiary/aromatic N) is 2. The summed E-state index contributed by atoms with van der Waals surface area (Å²) in [6.07, 6.45) is 3.96. The van der Waals surface area contributed by atoms with Crippen molar-refractivity contribution >= 4 is 63.4 Å². The highest BCUT2D eigenvalue weighted by molar-refractivity contribution is 8.18. The van der Waals surface area contributed by atoms with Crippen LogP contribution in [0.2, 0.25) is 5.02 Å². The van der Waals surface area contributed by atoms with Gasteiger partial charge in [-0.05, 0) is 93.1 Å². The fourth-order valence-electron chi connectivity index (χ4n) is 4.43. The fourth-order valence-corrected chi connectivity index (χ4v) is 5.40. The normalized spacial score (nSPS) is 18.3. The zero-order valence-corrected chi connectivity index (χ0v) is 21.1. The summed E-state index contributed by atoms with van der Waals surface area (Å²) >= 11 is 6.70. The topological polar surface area (TPSA) is 69.7 Å². The molecule has 1 saturated heterocycles. The molecule has 0 unspecified atom stereocenters. The second kappa shape index (κ2) is 9.31. The maximum Gasteiger partial charge on any atom is 0.294 e. The molecule has 2 heterocycles. The molecule has 0 saturated carbocycles. The first-order valence-corrected chi connectivity index (χ1v) is 12.2. The molecule has 4 rings (SSSR count). The summed E-state index contributed by atoms with van der Waals surface area (Å²) in [6, 6.07) is 12.7. The Kier molecular flexibility index (Phi) is 6.60. The molecular formula is C26H26ClN3O3S. The molecule has 8 heteroatoms. The molecule has 1 N–H and O–H groups in total. The Morgan fingerprint density at radius 1 is 1.15 bits per heavy atom. The Labute approximate surface area is 208 Å². The molecule has 2 aliphatic heterocycles. The van der Waals surface area contributed by atoms with E-state index in [1.807, 2.05) is 12.1 Å². The molecule has 2 aromatic rings. The van der Waals surface area contributed by atoms with Gasteiger partial charge in [0, 0.05) is 28.5 Å². The zero-order valence-electron chi connectivity index (χ0n) is 19.5. The predicted molar refractivity (Wildman–Crippen MR) is 140 cm³/mol. The van der Waals surface area contributed by atoms with Crippen molar-refractivity contribution in [3.05, 3.63) is 69.6 Å². The number of fused-ring (bicyclic) bond motifs is 1. The molecule has 34 heavy (non-hydrogen) atoms. The standard InChI is InChI=1S/C26H26ClN3O3S/c1-5-30-21-11-6-17(12-20(21)16(2)14-26(30,3)4)13-22-24(32)29(25(33)34-22)15-23(31)28-19-9-7-18(27)8-10-19/h6-14H,5,15H2,1-4H3,(H,28,31)/b22-13-. The third-order valence-electron chi connectivity index (χ3n) is 5.92. The van der Waals surface area contributed by atoms with Crippen LogP contribution in [0.25, 0.3) is 11.6 Å². The number of halogens is 1. The average molecular weight is 496 g/mol. The van der Waals surface area contributed by atoms with Gasteiger partial charge in [0.15, 0.2) is 0 Å². The number of rotatable bonds is 5. The Morgan fingerprint density at radius 2 is 1.85 bits per heavy atom. The van der Waals surface area contributed by atoms with Crippen LogP contribution in [0, 0.1) is 0 Å². The number of benzene rings is 2. The SMILES string of the molecule is CCN1c2ccc(/C=C3\SC(=O)N(CC(=O)Nc4ccc(Cl)cc4)C3=O)cc2C(C)=CC1(C)C. The average Bonchev–Trinajstić information content (AvgIpc) is 3.02. The van der Waals surface area contributed by atoms with Gasteiger partial charge in [-0.25, -0.2) is 0 Å². The molecule has 2 aromatic carbocycles. The van der Waals surface area contributed by atoms with E-state index in [9.17, 15) is 14.4 Å². The van der Waals surface area contributed by atoms with Gasteiger partial charge in [0.2, 0.25) is 5.91 Å². The van der Waals surface area contributed by atoms with Crippen molar-refractivity contribution in [1.29, 1.82) is 0 Å². The lowest BCUT2D eigenvalue weighted by molar-refractivity contribution is -0.127. The fraction of sp³-hybridized carbons (Fsp3) is 0.269. The van der Waals surface area contributed by atoms with E-state index in [4.69, 9.17) is 11.6 Å². The number of likely N-dealkylation sites (N-methyl/N-ethyl adjacent to an activating group) is 1. The van der Waals surface area contributed by atoms with Crippen LogP contribution in [0.5, 0.6) is 0 Å². The minimum Gasteiger partial charge on any atom is -0.363 e.